The average molecular weight is 825 g/mol. The number of ether oxygens (including phenoxy) is 2. The molecule has 0 radical (unpaired) electrons. The van der Waals surface area contributed by atoms with Crippen LogP contribution in [-0.2, 0) is 32.7 Å². The normalized spacial score (nSPS) is 14.7. The largest absolute Gasteiger partial charge is 0.472 e. The highest BCUT2D eigenvalue weighted by Crippen LogP contribution is 2.43. The molecule has 0 heterocycles. The lowest BCUT2D eigenvalue weighted by molar-refractivity contribution is -0.870. The van der Waals surface area contributed by atoms with Crippen LogP contribution < -0.4 is 0 Å². The van der Waals surface area contributed by atoms with Crippen LogP contribution in [0.5, 0.6) is 0 Å². The quantitative estimate of drug-likeness (QED) is 0.0155. The van der Waals surface area contributed by atoms with Crippen molar-refractivity contribution in [3.05, 3.63) is 60.8 Å². The molecule has 0 saturated carbocycles. The molecule has 0 saturated heterocycles. The number of carbonyl (C=O) groups excluding carboxylic acids is 2. The monoisotopic (exact) mass is 825 g/mol. The number of phosphoric ester groups is 1. The van der Waals surface area contributed by atoms with Gasteiger partial charge in [0.15, 0.2) is 6.10 Å². The van der Waals surface area contributed by atoms with Crippen LogP contribution >= 0.6 is 7.82 Å². The minimum atomic E-state index is -4.43. The van der Waals surface area contributed by atoms with E-state index in [1.165, 1.54) is 64.2 Å². The van der Waals surface area contributed by atoms with Crippen LogP contribution in [0.3, 0.4) is 0 Å². The van der Waals surface area contributed by atoms with Gasteiger partial charge in [-0.3, -0.25) is 18.6 Å². The van der Waals surface area contributed by atoms with E-state index in [0.29, 0.717) is 30.3 Å². The zero-order valence-corrected chi connectivity index (χ0v) is 37.6. The van der Waals surface area contributed by atoms with Crippen molar-refractivity contribution in [1.82, 2.24) is 0 Å². The molecule has 0 aromatic heterocycles. The highest BCUT2D eigenvalue weighted by molar-refractivity contribution is 7.47. The number of carbonyl (C=O) groups is 2. The SMILES string of the molecule is CCCCC/C=C/C/C=C/C/C=C/C=C/C(O)CCCC(=O)OC(COC(=O)CCCCCCC/C=C\CCCCCCCC)COP(=O)(O)OCC[N+](C)(C)C. The number of likely N-dealkylation sites (N-methyl/N-ethyl adjacent to an activating group) is 1. The number of nitrogens with zero attached hydrogens (tertiary/aromatic N) is 1. The van der Waals surface area contributed by atoms with Crippen molar-refractivity contribution in [2.24, 2.45) is 0 Å². The predicted octanol–water partition coefficient (Wildman–Crippen LogP) is 11.4. The third-order valence-corrected chi connectivity index (χ3v) is 10.1. The Kier molecular flexibility index (Phi) is 36.4. The Morgan fingerprint density at radius 1 is 0.632 bits per heavy atom. The van der Waals surface area contributed by atoms with E-state index in [0.717, 1.165) is 51.4 Å². The maximum absolute atomic E-state index is 12.7. The molecule has 11 heteroatoms. The second-order valence-corrected chi connectivity index (χ2v) is 17.4. The van der Waals surface area contributed by atoms with Crippen LogP contribution in [0, 0.1) is 0 Å². The fraction of sp³-hybridized carbons (Fsp3) is 0.739. The highest BCUT2D eigenvalue weighted by atomic mass is 31.2. The van der Waals surface area contributed by atoms with Gasteiger partial charge in [-0.05, 0) is 70.6 Å². The number of rotatable bonds is 39. The van der Waals surface area contributed by atoms with E-state index in [4.69, 9.17) is 18.5 Å². The van der Waals surface area contributed by atoms with Crippen molar-refractivity contribution in [1.29, 1.82) is 0 Å². The molecule has 3 atom stereocenters. The van der Waals surface area contributed by atoms with E-state index in [1.807, 2.05) is 33.3 Å². The molecule has 0 aliphatic rings. The van der Waals surface area contributed by atoms with Gasteiger partial charge in [0.1, 0.15) is 19.8 Å². The molecular formula is C46H83NO9P+. The summed E-state index contributed by atoms with van der Waals surface area (Å²) in [7, 11) is 1.35. The molecular weight excluding hydrogens is 741 g/mol. The number of hydrogen-bond acceptors (Lipinski definition) is 8. The number of quaternary nitrogens is 1. The van der Waals surface area contributed by atoms with Crippen molar-refractivity contribution in [3.8, 4) is 0 Å². The number of hydrogen-bond donors (Lipinski definition) is 2. The van der Waals surface area contributed by atoms with Crippen LogP contribution in [0.2, 0.25) is 0 Å². The summed E-state index contributed by atoms with van der Waals surface area (Å²) in [6, 6.07) is 0. The maximum atomic E-state index is 12.7. The van der Waals surface area contributed by atoms with Crippen molar-refractivity contribution in [2.45, 2.75) is 174 Å². The smallest absolute Gasteiger partial charge is 0.462 e. The third kappa shape index (κ3) is 41.6. The standard InChI is InChI=1S/C46H82NO9P/c1-6-8-10-12-14-16-18-20-21-23-25-27-29-31-33-37-45(49)53-41-44(42-55-57(51,52)54-40-39-47(3,4)5)56-46(50)38-34-36-43(48)35-32-30-28-26-24-22-19-17-15-13-11-9-7-2/h15,17,20-22,24,28,30,32,35,43-44,48H,6-14,16,18-19,23,25-27,29,31,33-34,36-42H2,1-5H3/p+1/b17-15+,21-20-,24-22+,30-28+,35-32+. The minimum Gasteiger partial charge on any atom is -0.462 e. The summed E-state index contributed by atoms with van der Waals surface area (Å²) in [5, 5.41) is 10.3. The molecule has 0 amide bonds. The van der Waals surface area contributed by atoms with E-state index >= 15 is 0 Å². The van der Waals surface area contributed by atoms with Crippen molar-refractivity contribution >= 4 is 19.8 Å². The Morgan fingerprint density at radius 3 is 1.81 bits per heavy atom. The molecule has 0 fully saturated rings. The maximum Gasteiger partial charge on any atom is 0.472 e. The average Bonchev–Trinajstić information content (AvgIpc) is 3.15. The summed E-state index contributed by atoms with van der Waals surface area (Å²) < 4.78 is 34.1. The van der Waals surface area contributed by atoms with Crippen molar-refractivity contribution < 1.29 is 47.2 Å². The second-order valence-electron chi connectivity index (χ2n) is 15.9. The zero-order valence-electron chi connectivity index (χ0n) is 36.7. The van der Waals surface area contributed by atoms with E-state index in [9.17, 15) is 24.2 Å². The van der Waals surface area contributed by atoms with Gasteiger partial charge < -0.3 is 24.0 Å². The molecule has 0 rings (SSSR count). The van der Waals surface area contributed by atoms with Gasteiger partial charge in [0.05, 0.1) is 33.9 Å². The first kappa shape index (κ1) is 54.7. The number of esters is 2. The molecule has 0 aromatic carbocycles. The lowest BCUT2D eigenvalue weighted by atomic mass is 10.1. The molecule has 0 aliphatic carbocycles. The summed E-state index contributed by atoms with van der Waals surface area (Å²) in [5.74, 6) is -1.01. The Balaban J connectivity index is 4.59. The predicted molar refractivity (Wildman–Crippen MR) is 235 cm³/mol. The van der Waals surface area contributed by atoms with Gasteiger partial charge in [-0.2, -0.15) is 0 Å². The van der Waals surface area contributed by atoms with Gasteiger partial charge in [0, 0.05) is 12.8 Å². The highest BCUT2D eigenvalue weighted by Gasteiger charge is 2.27. The molecule has 3 unspecified atom stereocenters. The fourth-order valence-electron chi connectivity index (χ4n) is 5.58. The van der Waals surface area contributed by atoms with Gasteiger partial charge in [0.2, 0.25) is 0 Å². The summed E-state index contributed by atoms with van der Waals surface area (Å²) in [4.78, 5) is 35.4. The number of allylic oxidation sites excluding steroid dienone is 9. The molecule has 0 spiro atoms. The van der Waals surface area contributed by atoms with E-state index < -0.39 is 38.6 Å². The fourth-order valence-corrected chi connectivity index (χ4v) is 6.32. The topological polar surface area (TPSA) is 129 Å². The molecule has 330 valence electrons. The van der Waals surface area contributed by atoms with Gasteiger partial charge in [-0.25, -0.2) is 4.57 Å². The van der Waals surface area contributed by atoms with Crippen LogP contribution in [0.4, 0.5) is 0 Å². The molecule has 0 aliphatic heterocycles. The Bertz CT molecular complexity index is 1170. The van der Waals surface area contributed by atoms with Gasteiger partial charge in [0.25, 0.3) is 0 Å². The Morgan fingerprint density at radius 2 is 1.16 bits per heavy atom. The first-order valence-electron chi connectivity index (χ1n) is 22.1. The summed E-state index contributed by atoms with van der Waals surface area (Å²) >= 11 is 0. The summed E-state index contributed by atoms with van der Waals surface area (Å²) in [6.45, 7) is 4.14. The molecule has 10 nitrogen and oxygen atoms in total. The van der Waals surface area contributed by atoms with E-state index in [2.05, 4.69) is 50.3 Å². The minimum absolute atomic E-state index is 0.00654. The van der Waals surface area contributed by atoms with E-state index in [1.54, 1.807) is 12.2 Å². The molecule has 0 bridgehead atoms. The molecule has 57 heavy (non-hydrogen) atoms. The Labute approximate surface area is 348 Å². The van der Waals surface area contributed by atoms with Crippen LogP contribution in [0.15, 0.2) is 60.8 Å². The van der Waals surface area contributed by atoms with Crippen LogP contribution in [0.25, 0.3) is 0 Å². The lowest BCUT2D eigenvalue weighted by Crippen LogP contribution is -2.37. The zero-order chi connectivity index (χ0) is 42.3. The Hall–Kier alpha value is -2.33. The third-order valence-electron chi connectivity index (χ3n) is 9.12. The lowest BCUT2D eigenvalue weighted by Gasteiger charge is -2.24. The second kappa shape index (κ2) is 37.9. The number of aliphatic hydroxyl groups excluding tert-OH is 1. The van der Waals surface area contributed by atoms with Crippen molar-refractivity contribution in [2.75, 3.05) is 47.5 Å². The first-order valence-corrected chi connectivity index (χ1v) is 23.6. The summed E-state index contributed by atoms with van der Waals surface area (Å²) in [5.41, 5.74) is 0. The first-order chi connectivity index (χ1) is 27.4. The van der Waals surface area contributed by atoms with E-state index in [-0.39, 0.29) is 26.1 Å². The number of unbranched alkanes of at least 4 members (excludes halogenated alkanes) is 14. The number of aliphatic hydroxyl groups is 1. The van der Waals surface area contributed by atoms with Crippen molar-refractivity contribution in [3.63, 3.8) is 0 Å². The molecule has 0 aromatic rings. The van der Waals surface area contributed by atoms with Crippen LogP contribution in [-0.4, -0.2) is 86.1 Å². The summed E-state index contributed by atoms with van der Waals surface area (Å²) in [6.07, 6.45) is 41.5. The number of phosphoric acid groups is 1. The van der Waals surface area contributed by atoms with Gasteiger partial charge in [-0.1, -0.05) is 139 Å². The van der Waals surface area contributed by atoms with Gasteiger partial charge in [-0.15, -0.1) is 0 Å². The van der Waals surface area contributed by atoms with Gasteiger partial charge >= 0.3 is 19.8 Å². The van der Waals surface area contributed by atoms with Crippen LogP contribution in [0.1, 0.15) is 162 Å². The molecule has 2 N–H and O–H groups in total.